The number of halogens is 2. The minimum atomic E-state index is -2.89. The fourth-order valence-electron chi connectivity index (χ4n) is 3.25. The fourth-order valence-corrected chi connectivity index (χ4v) is 5.48. The molecule has 4 rings (SSSR count). The molecule has 8 heteroatoms. The zero-order valence-electron chi connectivity index (χ0n) is 13.5. The first-order chi connectivity index (χ1) is 11.8. The van der Waals surface area contributed by atoms with Gasteiger partial charge >= 0.3 is 0 Å². The largest absolute Gasteiger partial charge is 0.369 e. The van der Waals surface area contributed by atoms with Crippen LogP contribution in [0.3, 0.4) is 0 Å². The Balaban J connectivity index is 1.45. The van der Waals surface area contributed by atoms with Crippen LogP contribution in [0, 0.1) is 0 Å². The second-order valence-electron chi connectivity index (χ2n) is 6.71. The topological polar surface area (TPSA) is 50.3 Å². The van der Waals surface area contributed by atoms with Crippen molar-refractivity contribution < 1.29 is 17.2 Å². The SMILES string of the molecule is O=S1(=O)CCN(c2ccc(-c3cnc(C4CC(F)(F)C4)s3)cc2)CC1. The lowest BCUT2D eigenvalue weighted by Crippen LogP contribution is -2.40. The Morgan fingerprint density at radius 2 is 1.76 bits per heavy atom. The van der Waals surface area contributed by atoms with Gasteiger partial charge in [0.15, 0.2) is 9.84 Å². The Kier molecular flexibility index (Phi) is 4.07. The highest BCUT2D eigenvalue weighted by atomic mass is 32.2. The highest BCUT2D eigenvalue weighted by molar-refractivity contribution is 7.91. The number of hydrogen-bond acceptors (Lipinski definition) is 5. The van der Waals surface area contributed by atoms with Crippen molar-refractivity contribution in [3.05, 3.63) is 35.5 Å². The molecule has 0 unspecified atom stereocenters. The van der Waals surface area contributed by atoms with E-state index in [4.69, 9.17) is 0 Å². The maximum atomic E-state index is 13.0. The van der Waals surface area contributed by atoms with Gasteiger partial charge in [-0.3, -0.25) is 0 Å². The van der Waals surface area contributed by atoms with E-state index < -0.39 is 15.8 Å². The number of aromatic nitrogens is 1. The molecule has 0 amide bonds. The summed E-state index contributed by atoms with van der Waals surface area (Å²) in [5.41, 5.74) is 2.00. The predicted octanol–water partition coefficient (Wildman–Crippen LogP) is 3.56. The lowest BCUT2D eigenvalue weighted by molar-refractivity contribution is -0.0867. The summed E-state index contributed by atoms with van der Waals surface area (Å²) in [5.74, 6) is -2.26. The van der Waals surface area contributed by atoms with Crippen LogP contribution in [-0.4, -0.2) is 43.9 Å². The Labute approximate surface area is 149 Å². The minimum Gasteiger partial charge on any atom is -0.369 e. The Hall–Kier alpha value is -1.54. The second kappa shape index (κ2) is 6.02. The van der Waals surface area contributed by atoms with Gasteiger partial charge in [-0.05, 0) is 17.7 Å². The molecule has 0 bridgehead atoms. The second-order valence-corrected chi connectivity index (χ2v) is 10.1. The van der Waals surface area contributed by atoms with Gasteiger partial charge in [-0.25, -0.2) is 22.2 Å². The number of nitrogens with zero attached hydrogens (tertiary/aromatic N) is 2. The molecule has 2 aliphatic rings. The third-order valence-electron chi connectivity index (χ3n) is 4.82. The lowest BCUT2D eigenvalue weighted by Gasteiger charge is -2.33. The van der Waals surface area contributed by atoms with Crippen molar-refractivity contribution in [1.29, 1.82) is 0 Å². The number of alkyl halides is 2. The molecule has 2 heterocycles. The average Bonchev–Trinajstić information content (AvgIpc) is 3.02. The van der Waals surface area contributed by atoms with E-state index in [0.29, 0.717) is 13.1 Å². The Bertz CT molecular complexity index is 856. The van der Waals surface area contributed by atoms with Gasteiger partial charge in [-0.1, -0.05) is 12.1 Å². The molecule has 1 saturated carbocycles. The minimum absolute atomic E-state index is 0.100. The summed E-state index contributed by atoms with van der Waals surface area (Å²) < 4.78 is 49.0. The number of thiazole rings is 1. The summed E-state index contributed by atoms with van der Waals surface area (Å²) in [4.78, 5) is 7.36. The predicted molar refractivity (Wildman–Crippen MR) is 95.3 cm³/mol. The molecule has 1 aromatic carbocycles. The third-order valence-corrected chi connectivity index (χ3v) is 7.64. The molecule has 1 saturated heterocycles. The average molecular weight is 384 g/mol. The van der Waals surface area contributed by atoms with Crippen LogP contribution >= 0.6 is 11.3 Å². The van der Waals surface area contributed by atoms with Gasteiger partial charge in [0.2, 0.25) is 5.92 Å². The molecule has 134 valence electrons. The van der Waals surface area contributed by atoms with Crippen LogP contribution in [0.2, 0.25) is 0 Å². The molecular formula is C17H18F2N2O2S2. The molecule has 1 aliphatic heterocycles. The molecule has 0 spiro atoms. The molecule has 2 fully saturated rings. The van der Waals surface area contributed by atoms with E-state index in [-0.39, 0.29) is 30.3 Å². The zero-order valence-corrected chi connectivity index (χ0v) is 15.1. The summed E-state index contributed by atoms with van der Waals surface area (Å²) in [5, 5.41) is 0.784. The van der Waals surface area contributed by atoms with Gasteiger partial charge in [0.05, 0.1) is 21.4 Å². The molecular weight excluding hydrogens is 366 g/mol. The third kappa shape index (κ3) is 3.55. The number of sulfone groups is 1. The number of benzene rings is 1. The lowest BCUT2D eigenvalue weighted by atomic mass is 9.82. The smallest absolute Gasteiger partial charge is 0.249 e. The van der Waals surface area contributed by atoms with Crippen LogP contribution in [0.15, 0.2) is 30.5 Å². The maximum Gasteiger partial charge on any atom is 0.249 e. The number of hydrogen-bond donors (Lipinski definition) is 0. The van der Waals surface area contributed by atoms with E-state index in [1.54, 1.807) is 6.20 Å². The summed E-state index contributed by atoms with van der Waals surface area (Å²) in [6, 6.07) is 7.91. The highest BCUT2D eigenvalue weighted by Gasteiger charge is 2.47. The van der Waals surface area contributed by atoms with Crippen molar-refractivity contribution in [1.82, 2.24) is 4.98 Å². The molecule has 2 aromatic rings. The van der Waals surface area contributed by atoms with Gasteiger partial charge in [0.25, 0.3) is 0 Å². The van der Waals surface area contributed by atoms with E-state index >= 15 is 0 Å². The monoisotopic (exact) mass is 384 g/mol. The van der Waals surface area contributed by atoms with Gasteiger partial charge in [-0.2, -0.15) is 0 Å². The van der Waals surface area contributed by atoms with Crippen molar-refractivity contribution in [2.45, 2.75) is 24.7 Å². The molecule has 1 aromatic heterocycles. The van der Waals surface area contributed by atoms with E-state index in [1.807, 2.05) is 24.3 Å². The first-order valence-corrected chi connectivity index (χ1v) is 10.8. The van der Waals surface area contributed by atoms with Gasteiger partial charge < -0.3 is 4.90 Å². The van der Waals surface area contributed by atoms with E-state index in [9.17, 15) is 17.2 Å². The van der Waals surface area contributed by atoms with Crippen LogP contribution in [0.25, 0.3) is 10.4 Å². The summed E-state index contributed by atoms with van der Waals surface area (Å²) in [6.07, 6.45) is 1.55. The van der Waals surface area contributed by atoms with Crippen molar-refractivity contribution in [2.75, 3.05) is 29.5 Å². The standard InChI is InChI=1S/C17H18F2N2O2S2/c18-17(19)9-13(10-17)16-20-11-15(24-16)12-1-3-14(4-2-12)21-5-7-25(22,23)8-6-21/h1-4,11,13H,5-10H2. The quantitative estimate of drug-likeness (QED) is 0.812. The molecule has 0 radical (unpaired) electrons. The van der Waals surface area contributed by atoms with Crippen LogP contribution in [-0.2, 0) is 9.84 Å². The number of anilines is 1. The summed E-state index contributed by atoms with van der Waals surface area (Å²) in [6.45, 7) is 1.03. The van der Waals surface area contributed by atoms with Crippen molar-refractivity contribution in [2.24, 2.45) is 0 Å². The summed E-state index contributed by atoms with van der Waals surface area (Å²) >= 11 is 1.47. The van der Waals surface area contributed by atoms with E-state index in [1.165, 1.54) is 11.3 Å². The van der Waals surface area contributed by atoms with Crippen LogP contribution in [0.1, 0.15) is 23.8 Å². The van der Waals surface area contributed by atoms with Gasteiger partial charge in [0.1, 0.15) is 0 Å². The maximum absolute atomic E-state index is 13.0. The van der Waals surface area contributed by atoms with Crippen molar-refractivity contribution >= 4 is 26.9 Å². The van der Waals surface area contributed by atoms with Gasteiger partial charge in [-0.15, -0.1) is 11.3 Å². The number of rotatable bonds is 3. The van der Waals surface area contributed by atoms with Gasteiger partial charge in [0, 0.05) is 43.7 Å². The molecule has 0 N–H and O–H groups in total. The van der Waals surface area contributed by atoms with E-state index in [2.05, 4.69) is 9.88 Å². The molecule has 25 heavy (non-hydrogen) atoms. The van der Waals surface area contributed by atoms with Crippen LogP contribution < -0.4 is 4.90 Å². The fraction of sp³-hybridized carbons (Fsp3) is 0.471. The van der Waals surface area contributed by atoms with Crippen LogP contribution in [0.5, 0.6) is 0 Å². The van der Waals surface area contributed by atoms with Crippen LogP contribution in [0.4, 0.5) is 14.5 Å². The van der Waals surface area contributed by atoms with Crippen molar-refractivity contribution in [3.8, 4) is 10.4 Å². The first kappa shape index (κ1) is 16.9. The normalized spacial score (nSPS) is 22.6. The molecule has 4 nitrogen and oxygen atoms in total. The highest BCUT2D eigenvalue weighted by Crippen LogP contribution is 2.49. The summed E-state index contributed by atoms with van der Waals surface area (Å²) in [7, 11) is -2.89. The first-order valence-electron chi connectivity index (χ1n) is 8.21. The van der Waals surface area contributed by atoms with E-state index in [0.717, 1.165) is 21.1 Å². The zero-order chi connectivity index (χ0) is 17.7. The molecule has 1 aliphatic carbocycles. The Morgan fingerprint density at radius 3 is 2.36 bits per heavy atom. The van der Waals surface area contributed by atoms with Crippen molar-refractivity contribution in [3.63, 3.8) is 0 Å². The molecule has 0 atom stereocenters. The Morgan fingerprint density at radius 1 is 1.12 bits per heavy atom.